The summed E-state index contributed by atoms with van der Waals surface area (Å²) in [5, 5.41) is 0. The van der Waals surface area contributed by atoms with Crippen LogP contribution in [0.4, 0.5) is 0 Å². The fraction of sp³-hybridized carbons (Fsp3) is 0.889. The highest BCUT2D eigenvalue weighted by molar-refractivity contribution is 5.23. The molecule has 2 nitrogen and oxygen atoms in total. The first-order chi connectivity index (χ1) is 5.40. The molecule has 2 rings (SSSR count). The van der Waals surface area contributed by atoms with E-state index in [2.05, 4.69) is 11.7 Å². The van der Waals surface area contributed by atoms with Crippen LogP contribution in [0, 0.1) is 11.8 Å². The zero-order valence-corrected chi connectivity index (χ0v) is 6.83. The van der Waals surface area contributed by atoms with Crippen LogP contribution in [0.2, 0.25) is 0 Å². The predicted molar refractivity (Wildman–Crippen MR) is 44.7 cm³/mol. The Kier molecular flexibility index (Phi) is 1.95. The van der Waals surface area contributed by atoms with Crippen LogP contribution in [0.25, 0.3) is 0 Å². The molecule has 2 fully saturated rings. The van der Waals surface area contributed by atoms with Gasteiger partial charge in [0.05, 0.1) is 0 Å². The summed E-state index contributed by atoms with van der Waals surface area (Å²) in [4.78, 5) is 3.95. The van der Waals surface area contributed by atoms with Crippen molar-refractivity contribution in [3.63, 3.8) is 0 Å². The molecular formula is C9H15NO. The molecule has 0 spiro atoms. The van der Waals surface area contributed by atoms with E-state index in [1.807, 2.05) is 0 Å². The molecule has 0 aromatic rings. The van der Waals surface area contributed by atoms with Crippen molar-refractivity contribution in [1.29, 1.82) is 0 Å². The summed E-state index contributed by atoms with van der Waals surface area (Å²) in [5.41, 5.74) is 0. The van der Waals surface area contributed by atoms with Gasteiger partial charge in [0, 0.05) is 6.61 Å². The number of hydrogen-bond acceptors (Lipinski definition) is 2. The predicted octanol–water partition coefficient (Wildman–Crippen LogP) is 1.85. The minimum Gasteiger partial charge on any atom is -0.357 e. The van der Waals surface area contributed by atoms with Crippen molar-refractivity contribution >= 4 is 6.72 Å². The number of rotatable bonds is 1. The SMILES string of the molecule is C=NC1CC2CC2CCCO1. The molecule has 0 aromatic heterocycles. The van der Waals surface area contributed by atoms with E-state index in [0.29, 0.717) is 0 Å². The Balaban J connectivity index is 1.88. The largest absolute Gasteiger partial charge is 0.357 e. The summed E-state index contributed by atoms with van der Waals surface area (Å²) in [6.45, 7) is 4.42. The Labute approximate surface area is 67.7 Å². The van der Waals surface area contributed by atoms with Crippen molar-refractivity contribution < 1.29 is 4.74 Å². The lowest BCUT2D eigenvalue weighted by molar-refractivity contribution is 0.0396. The van der Waals surface area contributed by atoms with Gasteiger partial charge < -0.3 is 4.74 Å². The molecule has 0 N–H and O–H groups in total. The van der Waals surface area contributed by atoms with Crippen LogP contribution in [0.5, 0.6) is 0 Å². The molecule has 1 aliphatic heterocycles. The maximum absolute atomic E-state index is 5.50. The zero-order chi connectivity index (χ0) is 7.68. The van der Waals surface area contributed by atoms with E-state index in [1.54, 1.807) is 0 Å². The Morgan fingerprint density at radius 2 is 2.18 bits per heavy atom. The van der Waals surface area contributed by atoms with Crippen LogP contribution in [0.1, 0.15) is 25.7 Å². The molecule has 62 valence electrons. The van der Waals surface area contributed by atoms with Gasteiger partial charge in [0.2, 0.25) is 0 Å². The van der Waals surface area contributed by atoms with Crippen molar-refractivity contribution in [2.45, 2.75) is 31.9 Å². The molecule has 1 saturated heterocycles. The highest BCUT2D eigenvalue weighted by atomic mass is 16.5. The minimum atomic E-state index is 0.102. The third kappa shape index (κ3) is 1.62. The summed E-state index contributed by atoms with van der Waals surface area (Å²) < 4.78 is 5.50. The lowest BCUT2D eigenvalue weighted by atomic mass is 10.1. The van der Waals surface area contributed by atoms with E-state index in [9.17, 15) is 0 Å². The van der Waals surface area contributed by atoms with Crippen molar-refractivity contribution in [1.82, 2.24) is 0 Å². The van der Waals surface area contributed by atoms with Gasteiger partial charge in [-0.3, -0.25) is 4.99 Å². The molecule has 1 aliphatic carbocycles. The first-order valence-corrected chi connectivity index (χ1v) is 4.47. The van der Waals surface area contributed by atoms with E-state index in [1.165, 1.54) is 19.3 Å². The van der Waals surface area contributed by atoms with E-state index < -0.39 is 0 Å². The molecule has 2 heteroatoms. The van der Waals surface area contributed by atoms with Crippen LogP contribution >= 0.6 is 0 Å². The molecular weight excluding hydrogens is 138 g/mol. The van der Waals surface area contributed by atoms with Gasteiger partial charge in [-0.05, 0) is 44.2 Å². The van der Waals surface area contributed by atoms with Crippen LogP contribution < -0.4 is 0 Å². The van der Waals surface area contributed by atoms with Crippen molar-refractivity contribution in [2.24, 2.45) is 16.8 Å². The molecule has 3 atom stereocenters. The van der Waals surface area contributed by atoms with E-state index in [4.69, 9.17) is 4.74 Å². The fourth-order valence-corrected chi connectivity index (χ4v) is 1.97. The maximum Gasteiger partial charge on any atom is 0.147 e. The Bertz CT molecular complexity index is 158. The number of nitrogens with zero attached hydrogens (tertiary/aromatic N) is 1. The van der Waals surface area contributed by atoms with Crippen LogP contribution in [0.15, 0.2) is 4.99 Å². The van der Waals surface area contributed by atoms with Gasteiger partial charge in [0.25, 0.3) is 0 Å². The average Bonchev–Trinajstić information content (AvgIpc) is 2.67. The third-order valence-electron chi connectivity index (χ3n) is 2.81. The molecule has 0 radical (unpaired) electrons. The number of ether oxygens (including phenoxy) is 1. The molecule has 0 aromatic carbocycles. The first-order valence-electron chi connectivity index (χ1n) is 4.47. The lowest BCUT2D eigenvalue weighted by Crippen LogP contribution is -2.14. The van der Waals surface area contributed by atoms with Crippen LogP contribution in [0.3, 0.4) is 0 Å². The van der Waals surface area contributed by atoms with Crippen molar-refractivity contribution in [3.05, 3.63) is 0 Å². The minimum absolute atomic E-state index is 0.102. The summed E-state index contributed by atoms with van der Waals surface area (Å²) in [6.07, 6.45) is 5.22. The van der Waals surface area contributed by atoms with Crippen LogP contribution in [-0.2, 0) is 4.74 Å². The van der Waals surface area contributed by atoms with Crippen molar-refractivity contribution in [2.75, 3.05) is 6.61 Å². The zero-order valence-electron chi connectivity index (χ0n) is 6.83. The highest BCUT2D eigenvalue weighted by Crippen LogP contribution is 2.46. The lowest BCUT2D eigenvalue weighted by Gasteiger charge is -2.15. The standard InChI is InChI=1S/C9H15NO/c1-10-9-6-8-5-7(8)3-2-4-11-9/h7-9H,1-6H2. The van der Waals surface area contributed by atoms with E-state index >= 15 is 0 Å². The van der Waals surface area contributed by atoms with Crippen molar-refractivity contribution in [3.8, 4) is 0 Å². The quantitative estimate of drug-likeness (QED) is 0.527. The summed E-state index contributed by atoms with van der Waals surface area (Å²) >= 11 is 0. The Morgan fingerprint density at radius 3 is 3.00 bits per heavy atom. The molecule has 0 amide bonds. The van der Waals surface area contributed by atoms with Gasteiger partial charge >= 0.3 is 0 Å². The second kappa shape index (κ2) is 2.94. The topological polar surface area (TPSA) is 21.6 Å². The van der Waals surface area contributed by atoms with Gasteiger partial charge in [-0.2, -0.15) is 0 Å². The van der Waals surface area contributed by atoms with Gasteiger partial charge in [0.1, 0.15) is 6.23 Å². The van der Waals surface area contributed by atoms with Crippen LogP contribution in [-0.4, -0.2) is 19.6 Å². The summed E-state index contributed by atoms with van der Waals surface area (Å²) in [5.74, 6) is 1.91. The maximum atomic E-state index is 5.50. The number of fused-ring (bicyclic) bond motifs is 1. The van der Waals surface area contributed by atoms with Gasteiger partial charge in [-0.1, -0.05) is 0 Å². The monoisotopic (exact) mass is 153 g/mol. The van der Waals surface area contributed by atoms with Gasteiger partial charge in [-0.25, -0.2) is 0 Å². The molecule has 2 aliphatic rings. The molecule has 11 heavy (non-hydrogen) atoms. The van der Waals surface area contributed by atoms with E-state index in [-0.39, 0.29) is 6.23 Å². The smallest absolute Gasteiger partial charge is 0.147 e. The molecule has 1 saturated carbocycles. The Hall–Kier alpha value is -0.370. The normalized spacial score (nSPS) is 43.5. The highest BCUT2D eigenvalue weighted by Gasteiger charge is 2.38. The first kappa shape index (κ1) is 7.29. The molecule has 1 heterocycles. The second-order valence-electron chi connectivity index (χ2n) is 3.64. The summed E-state index contributed by atoms with van der Waals surface area (Å²) in [6, 6.07) is 0. The van der Waals surface area contributed by atoms with E-state index in [0.717, 1.165) is 24.9 Å². The second-order valence-corrected chi connectivity index (χ2v) is 3.64. The number of aliphatic imine (C=N–C) groups is 1. The molecule has 0 bridgehead atoms. The average molecular weight is 153 g/mol. The van der Waals surface area contributed by atoms with Gasteiger partial charge in [-0.15, -0.1) is 0 Å². The van der Waals surface area contributed by atoms with Gasteiger partial charge in [0.15, 0.2) is 0 Å². The summed E-state index contributed by atoms with van der Waals surface area (Å²) in [7, 11) is 0. The molecule has 3 unspecified atom stereocenters. The third-order valence-corrected chi connectivity index (χ3v) is 2.81. The fourth-order valence-electron chi connectivity index (χ4n) is 1.97. The number of hydrogen-bond donors (Lipinski definition) is 0. The Morgan fingerprint density at radius 1 is 1.27 bits per heavy atom.